The summed E-state index contributed by atoms with van der Waals surface area (Å²) in [6.45, 7) is 3.57. The predicted octanol–water partition coefficient (Wildman–Crippen LogP) is 2.76. The Morgan fingerprint density at radius 3 is 2.92 bits per heavy atom. The molecule has 1 N–H and O–H groups in total. The zero-order valence-electron chi connectivity index (χ0n) is 14.3. The fraction of sp³-hybridized carbons (Fsp3) is 0.400. The highest BCUT2D eigenvalue weighted by atomic mass is 16.5. The molecule has 1 saturated heterocycles. The van der Waals surface area contributed by atoms with E-state index in [-0.39, 0.29) is 12.0 Å². The van der Waals surface area contributed by atoms with Gasteiger partial charge in [0.2, 0.25) is 0 Å². The number of hydrogen-bond donors (Lipinski definition) is 1. The SMILES string of the molecule is O=C(Nc1ccc2c(c1)CN(Cc1ccncc1)CC2)C1CCCO1. The summed E-state index contributed by atoms with van der Waals surface area (Å²) >= 11 is 0. The Kier molecular flexibility index (Phi) is 4.76. The molecule has 2 aliphatic heterocycles. The summed E-state index contributed by atoms with van der Waals surface area (Å²) in [5.74, 6) is -0.0260. The zero-order chi connectivity index (χ0) is 17.1. The van der Waals surface area contributed by atoms with Crippen LogP contribution < -0.4 is 5.32 Å². The molecule has 130 valence electrons. The minimum atomic E-state index is -0.292. The highest BCUT2D eigenvalue weighted by molar-refractivity contribution is 5.94. The lowest BCUT2D eigenvalue weighted by atomic mass is 9.98. The molecule has 1 amide bonds. The number of benzene rings is 1. The molecule has 2 aromatic rings. The molecule has 3 heterocycles. The van der Waals surface area contributed by atoms with Crippen molar-refractivity contribution in [2.24, 2.45) is 0 Å². The molecule has 1 aromatic carbocycles. The normalized spacial score (nSPS) is 20.2. The molecule has 5 heteroatoms. The van der Waals surface area contributed by atoms with Crippen LogP contribution in [0.1, 0.15) is 29.5 Å². The Morgan fingerprint density at radius 1 is 1.24 bits per heavy atom. The van der Waals surface area contributed by atoms with Gasteiger partial charge in [-0.3, -0.25) is 14.7 Å². The van der Waals surface area contributed by atoms with Crippen LogP contribution in [0.2, 0.25) is 0 Å². The predicted molar refractivity (Wildman–Crippen MR) is 96.1 cm³/mol. The van der Waals surface area contributed by atoms with E-state index in [1.54, 1.807) is 0 Å². The number of fused-ring (bicyclic) bond motifs is 1. The number of aromatic nitrogens is 1. The third kappa shape index (κ3) is 3.89. The molecular weight excluding hydrogens is 314 g/mol. The van der Waals surface area contributed by atoms with E-state index < -0.39 is 0 Å². The Hall–Kier alpha value is -2.24. The molecular formula is C20H23N3O2. The van der Waals surface area contributed by atoms with E-state index >= 15 is 0 Å². The van der Waals surface area contributed by atoms with E-state index in [0.717, 1.165) is 44.6 Å². The minimum Gasteiger partial charge on any atom is -0.368 e. The Bertz CT molecular complexity index is 742. The molecule has 0 radical (unpaired) electrons. The van der Waals surface area contributed by atoms with Gasteiger partial charge in [-0.25, -0.2) is 0 Å². The van der Waals surface area contributed by atoms with Gasteiger partial charge in [-0.1, -0.05) is 6.07 Å². The van der Waals surface area contributed by atoms with E-state index in [1.807, 2.05) is 18.5 Å². The number of carbonyl (C=O) groups excluding carboxylic acids is 1. The highest BCUT2D eigenvalue weighted by Crippen LogP contribution is 2.24. The van der Waals surface area contributed by atoms with Crippen LogP contribution in [-0.4, -0.2) is 35.0 Å². The van der Waals surface area contributed by atoms with Crippen LogP contribution >= 0.6 is 0 Å². The van der Waals surface area contributed by atoms with Crippen molar-refractivity contribution < 1.29 is 9.53 Å². The summed E-state index contributed by atoms with van der Waals surface area (Å²) in [6.07, 6.45) is 6.21. The standard InChI is InChI=1S/C20H23N3O2/c24-20(19-2-1-11-25-19)22-18-4-3-16-7-10-23(14-17(16)12-18)13-15-5-8-21-9-6-15/h3-6,8-9,12,19H,1-2,7,10-11,13-14H2,(H,22,24). The van der Waals surface area contributed by atoms with Crippen molar-refractivity contribution in [1.82, 2.24) is 9.88 Å². The van der Waals surface area contributed by atoms with E-state index in [0.29, 0.717) is 6.61 Å². The van der Waals surface area contributed by atoms with E-state index in [4.69, 9.17) is 4.74 Å². The number of anilines is 1. The summed E-state index contributed by atoms with van der Waals surface area (Å²) in [5, 5.41) is 3.01. The first-order valence-electron chi connectivity index (χ1n) is 8.93. The molecule has 25 heavy (non-hydrogen) atoms. The molecule has 2 aliphatic rings. The van der Waals surface area contributed by atoms with Gasteiger partial charge in [0.25, 0.3) is 5.91 Å². The molecule has 5 nitrogen and oxygen atoms in total. The lowest BCUT2D eigenvalue weighted by Crippen LogP contribution is -2.30. The van der Waals surface area contributed by atoms with Crippen molar-refractivity contribution in [3.63, 3.8) is 0 Å². The molecule has 1 unspecified atom stereocenters. The van der Waals surface area contributed by atoms with Crippen LogP contribution in [0, 0.1) is 0 Å². The first kappa shape index (κ1) is 16.2. The molecule has 0 saturated carbocycles. The maximum Gasteiger partial charge on any atom is 0.253 e. The average molecular weight is 337 g/mol. The molecule has 1 fully saturated rings. The van der Waals surface area contributed by atoms with Crippen LogP contribution in [0.25, 0.3) is 0 Å². The smallest absolute Gasteiger partial charge is 0.253 e. The third-order valence-corrected chi connectivity index (χ3v) is 4.94. The van der Waals surface area contributed by atoms with Crippen molar-refractivity contribution in [3.05, 3.63) is 59.4 Å². The van der Waals surface area contributed by atoms with Gasteiger partial charge in [0.05, 0.1) is 0 Å². The number of rotatable bonds is 4. The quantitative estimate of drug-likeness (QED) is 0.932. The second kappa shape index (κ2) is 7.33. The summed E-state index contributed by atoms with van der Waals surface area (Å²) < 4.78 is 5.46. The average Bonchev–Trinajstić information content (AvgIpc) is 3.17. The van der Waals surface area contributed by atoms with E-state index in [9.17, 15) is 4.79 Å². The van der Waals surface area contributed by atoms with Gasteiger partial charge in [0.1, 0.15) is 6.10 Å². The Labute approximate surface area is 148 Å². The number of hydrogen-bond acceptors (Lipinski definition) is 4. The lowest BCUT2D eigenvalue weighted by molar-refractivity contribution is -0.124. The van der Waals surface area contributed by atoms with Gasteiger partial charge >= 0.3 is 0 Å². The molecule has 0 spiro atoms. The highest BCUT2D eigenvalue weighted by Gasteiger charge is 2.24. The van der Waals surface area contributed by atoms with E-state index in [1.165, 1.54) is 16.7 Å². The fourth-order valence-corrected chi connectivity index (χ4v) is 3.58. The summed E-state index contributed by atoms with van der Waals surface area (Å²) in [7, 11) is 0. The molecule has 4 rings (SSSR count). The van der Waals surface area contributed by atoms with Gasteiger partial charge in [-0.05, 0) is 60.2 Å². The topological polar surface area (TPSA) is 54.5 Å². The second-order valence-electron chi connectivity index (χ2n) is 6.79. The van der Waals surface area contributed by atoms with Crippen molar-refractivity contribution in [3.8, 4) is 0 Å². The number of ether oxygens (including phenoxy) is 1. The molecule has 1 aromatic heterocycles. The van der Waals surface area contributed by atoms with Gasteiger partial charge in [-0.15, -0.1) is 0 Å². The van der Waals surface area contributed by atoms with Gasteiger partial charge in [0.15, 0.2) is 0 Å². The van der Waals surface area contributed by atoms with Crippen LogP contribution in [0.4, 0.5) is 5.69 Å². The van der Waals surface area contributed by atoms with Gasteiger partial charge in [0, 0.05) is 44.3 Å². The van der Waals surface area contributed by atoms with Crippen LogP contribution in [-0.2, 0) is 29.0 Å². The Balaban J connectivity index is 1.43. The van der Waals surface area contributed by atoms with Crippen molar-refractivity contribution in [2.45, 2.75) is 38.5 Å². The summed E-state index contributed by atoms with van der Waals surface area (Å²) in [4.78, 5) is 18.7. The van der Waals surface area contributed by atoms with Crippen molar-refractivity contribution >= 4 is 11.6 Å². The third-order valence-electron chi connectivity index (χ3n) is 4.94. The zero-order valence-corrected chi connectivity index (χ0v) is 14.3. The number of nitrogens with one attached hydrogen (secondary N) is 1. The number of pyridine rings is 1. The maximum absolute atomic E-state index is 12.2. The number of amides is 1. The monoisotopic (exact) mass is 337 g/mol. The van der Waals surface area contributed by atoms with Crippen LogP contribution in [0.5, 0.6) is 0 Å². The first-order chi connectivity index (χ1) is 12.3. The molecule has 0 bridgehead atoms. The van der Waals surface area contributed by atoms with Gasteiger partial charge in [-0.2, -0.15) is 0 Å². The Morgan fingerprint density at radius 2 is 2.12 bits per heavy atom. The fourth-order valence-electron chi connectivity index (χ4n) is 3.58. The second-order valence-corrected chi connectivity index (χ2v) is 6.79. The summed E-state index contributed by atoms with van der Waals surface area (Å²) in [5.41, 5.74) is 4.82. The lowest BCUT2D eigenvalue weighted by Gasteiger charge is -2.29. The number of nitrogens with zero attached hydrogens (tertiary/aromatic N) is 2. The summed E-state index contributed by atoms with van der Waals surface area (Å²) in [6, 6.07) is 10.4. The van der Waals surface area contributed by atoms with Crippen LogP contribution in [0.15, 0.2) is 42.7 Å². The minimum absolute atomic E-state index is 0.0260. The molecule has 0 aliphatic carbocycles. The molecule has 1 atom stereocenters. The number of carbonyl (C=O) groups is 1. The van der Waals surface area contributed by atoms with Crippen molar-refractivity contribution in [1.29, 1.82) is 0 Å². The van der Waals surface area contributed by atoms with Gasteiger partial charge < -0.3 is 10.1 Å². The first-order valence-corrected chi connectivity index (χ1v) is 8.93. The van der Waals surface area contributed by atoms with Crippen molar-refractivity contribution in [2.75, 3.05) is 18.5 Å². The largest absolute Gasteiger partial charge is 0.368 e. The van der Waals surface area contributed by atoms with E-state index in [2.05, 4.69) is 39.5 Å². The maximum atomic E-state index is 12.2. The van der Waals surface area contributed by atoms with Crippen LogP contribution in [0.3, 0.4) is 0 Å².